The van der Waals surface area contributed by atoms with E-state index in [4.69, 9.17) is 4.74 Å². The standard InChI is InChI=1S/C17H27NOS/c1-13-5-4-6-16(11-13)20-12-17(18-2)14-7-9-15(19-3)10-8-14/h7-10,13,16-18H,4-6,11-12H2,1-3H3. The number of hydrogen-bond donors (Lipinski definition) is 1. The molecule has 0 aromatic heterocycles. The lowest BCUT2D eigenvalue weighted by Gasteiger charge is -2.27. The van der Waals surface area contributed by atoms with Crippen molar-refractivity contribution in [3.8, 4) is 5.75 Å². The van der Waals surface area contributed by atoms with Gasteiger partial charge in [-0.3, -0.25) is 0 Å². The molecular weight excluding hydrogens is 266 g/mol. The Bertz CT molecular complexity index is 392. The van der Waals surface area contributed by atoms with Gasteiger partial charge >= 0.3 is 0 Å². The highest BCUT2D eigenvalue weighted by atomic mass is 32.2. The minimum absolute atomic E-state index is 0.433. The van der Waals surface area contributed by atoms with Gasteiger partial charge in [0.2, 0.25) is 0 Å². The lowest BCUT2D eigenvalue weighted by atomic mass is 9.91. The van der Waals surface area contributed by atoms with Gasteiger partial charge in [-0.25, -0.2) is 0 Å². The van der Waals surface area contributed by atoms with Crippen LogP contribution in [0.5, 0.6) is 5.75 Å². The second-order valence-corrected chi connectivity index (χ2v) is 7.17. The second kappa shape index (κ2) is 7.94. The number of hydrogen-bond acceptors (Lipinski definition) is 3. The molecule has 2 nitrogen and oxygen atoms in total. The fourth-order valence-corrected chi connectivity index (χ4v) is 4.57. The summed E-state index contributed by atoms with van der Waals surface area (Å²) in [5, 5.41) is 4.30. The minimum atomic E-state index is 0.433. The van der Waals surface area contributed by atoms with Crippen molar-refractivity contribution in [1.82, 2.24) is 5.32 Å². The van der Waals surface area contributed by atoms with Gasteiger partial charge in [-0.1, -0.05) is 31.9 Å². The zero-order valence-electron chi connectivity index (χ0n) is 12.9. The zero-order valence-corrected chi connectivity index (χ0v) is 13.7. The maximum Gasteiger partial charge on any atom is 0.118 e. The molecule has 1 aliphatic carbocycles. The van der Waals surface area contributed by atoms with Crippen molar-refractivity contribution in [1.29, 1.82) is 0 Å². The molecule has 1 aliphatic rings. The Morgan fingerprint density at radius 1 is 1.30 bits per heavy atom. The Balaban J connectivity index is 1.87. The van der Waals surface area contributed by atoms with Crippen LogP contribution in [0.1, 0.15) is 44.2 Å². The lowest BCUT2D eigenvalue weighted by Crippen LogP contribution is -2.22. The number of nitrogens with one attached hydrogen (secondary N) is 1. The molecule has 0 heterocycles. The average Bonchev–Trinajstić information content (AvgIpc) is 2.48. The van der Waals surface area contributed by atoms with Gasteiger partial charge in [0.25, 0.3) is 0 Å². The Labute approximate surface area is 127 Å². The molecule has 0 radical (unpaired) electrons. The van der Waals surface area contributed by atoms with Crippen LogP contribution in [0, 0.1) is 5.92 Å². The molecule has 0 bridgehead atoms. The highest BCUT2D eigenvalue weighted by Gasteiger charge is 2.20. The van der Waals surface area contributed by atoms with Crippen LogP contribution in [0.3, 0.4) is 0 Å². The number of rotatable bonds is 6. The van der Waals surface area contributed by atoms with Gasteiger partial charge in [0.05, 0.1) is 7.11 Å². The summed E-state index contributed by atoms with van der Waals surface area (Å²) in [5.74, 6) is 2.99. The van der Waals surface area contributed by atoms with E-state index in [0.717, 1.165) is 22.7 Å². The van der Waals surface area contributed by atoms with Gasteiger partial charge in [-0.2, -0.15) is 11.8 Å². The molecule has 3 heteroatoms. The highest BCUT2D eigenvalue weighted by molar-refractivity contribution is 7.99. The fourth-order valence-electron chi connectivity index (χ4n) is 2.94. The first kappa shape index (κ1) is 15.7. The predicted octanol–water partition coefficient (Wildman–Crippen LogP) is 4.27. The summed E-state index contributed by atoms with van der Waals surface area (Å²) in [7, 11) is 3.77. The zero-order chi connectivity index (χ0) is 14.4. The van der Waals surface area contributed by atoms with Crippen molar-refractivity contribution in [2.75, 3.05) is 19.9 Å². The molecule has 20 heavy (non-hydrogen) atoms. The normalized spacial score (nSPS) is 24.4. The number of thioether (sulfide) groups is 1. The third-order valence-corrected chi connectivity index (χ3v) is 5.68. The molecule has 112 valence electrons. The summed E-state index contributed by atoms with van der Waals surface area (Å²) in [6.07, 6.45) is 5.62. The van der Waals surface area contributed by atoms with E-state index in [1.807, 2.05) is 12.1 Å². The summed E-state index contributed by atoms with van der Waals surface area (Å²) < 4.78 is 5.22. The molecule has 1 aromatic carbocycles. The SMILES string of the molecule is CNC(CSC1CCCC(C)C1)c1ccc(OC)cc1. The topological polar surface area (TPSA) is 21.3 Å². The molecular formula is C17H27NOS. The van der Waals surface area contributed by atoms with E-state index in [1.54, 1.807) is 7.11 Å². The van der Waals surface area contributed by atoms with Crippen LogP contribution >= 0.6 is 11.8 Å². The Hall–Kier alpha value is -0.670. The summed E-state index contributed by atoms with van der Waals surface area (Å²) in [5.41, 5.74) is 1.35. The van der Waals surface area contributed by atoms with Crippen molar-refractivity contribution < 1.29 is 4.74 Å². The lowest BCUT2D eigenvalue weighted by molar-refractivity contribution is 0.394. The van der Waals surface area contributed by atoms with Crippen LogP contribution in [-0.2, 0) is 0 Å². The van der Waals surface area contributed by atoms with Gasteiger partial charge in [0.15, 0.2) is 0 Å². The molecule has 1 saturated carbocycles. The number of benzene rings is 1. The predicted molar refractivity (Wildman–Crippen MR) is 88.7 cm³/mol. The van der Waals surface area contributed by atoms with Crippen LogP contribution < -0.4 is 10.1 Å². The maximum absolute atomic E-state index is 5.22. The monoisotopic (exact) mass is 293 g/mol. The largest absolute Gasteiger partial charge is 0.497 e. The third-order valence-electron chi connectivity index (χ3n) is 4.25. The van der Waals surface area contributed by atoms with E-state index >= 15 is 0 Å². The van der Waals surface area contributed by atoms with Gasteiger partial charge < -0.3 is 10.1 Å². The molecule has 0 saturated heterocycles. The Kier molecular flexibility index (Phi) is 6.24. The van der Waals surface area contributed by atoms with Crippen molar-refractivity contribution in [2.24, 2.45) is 5.92 Å². The molecule has 1 N–H and O–H groups in total. The van der Waals surface area contributed by atoms with Crippen LogP contribution in [0.15, 0.2) is 24.3 Å². The minimum Gasteiger partial charge on any atom is -0.497 e. The molecule has 1 aromatic rings. The Morgan fingerprint density at radius 3 is 2.65 bits per heavy atom. The molecule has 3 unspecified atom stereocenters. The van der Waals surface area contributed by atoms with Gasteiger partial charge in [-0.05, 0) is 43.5 Å². The summed E-state index contributed by atoms with van der Waals surface area (Å²) in [4.78, 5) is 0. The highest BCUT2D eigenvalue weighted by Crippen LogP contribution is 2.34. The van der Waals surface area contributed by atoms with Crippen LogP contribution in [-0.4, -0.2) is 25.2 Å². The average molecular weight is 293 g/mol. The van der Waals surface area contributed by atoms with E-state index in [0.29, 0.717) is 6.04 Å². The summed E-state index contributed by atoms with van der Waals surface area (Å²) >= 11 is 2.14. The fraction of sp³-hybridized carbons (Fsp3) is 0.647. The first-order valence-electron chi connectivity index (χ1n) is 7.65. The van der Waals surface area contributed by atoms with Gasteiger partial charge in [0.1, 0.15) is 5.75 Å². The Morgan fingerprint density at radius 2 is 2.05 bits per heavy atom. The van der Waals surface area contributed by atoms with E-state index < -0.39 is 0 Å². The first-order chi connectivity index (χ1) is 9.72. The number of methoxy groups -OCH3 is 1. The third kappa shape index (κ3) is 4.42. The van der Waals surface area contributed by atoms with Gasteiger partial charge in [0, 0.05) is 17.0 Å². The maximum atomic E-state index is 5.22. The van der Waals surface area contributed by atoms with E-state index in [9.17, 15) is 0 Å². The molecule has 0 amide bonds. The van der Waals surface area contributed by atoms with Gasteiger partial charge in [-0.15, -0.1) is 0 Å². The van der Waals surface area contributed by atoms with Crippen molar-refractivity contribution >= 4 is 11.8 Å². The first-order valence-corrected chi connectivity index (χ1v) is 8.70. The smallest absolute Gasteiger partial charge is 0.118 e. The van der Waals surface area contributed by atoms with E-state index in [-0.39, 0.29) is 0 Å². The van der Waals surface area contributed by atoms with Crippen molar-refractivity contribution in [3.05, 3.63) is 29.8 Å². The van der Waals surface area contributed by atoms with Crippen LogP contribution in [0.2, 0.25) is 0 Å². The van der Waals surface area contributed by atoms with Crippen LogP contribution in [0.25, 0.3) is 0 Å². The molecule has 3 atom stereocenters. The summed E-state index contributed by atoms with van der Waals surface area (Å²) in [6, 6.07) is 8.87. The van der Waals surface area contributed by atoms with Crippen molar-refractivity contribution in [2.45, 2.75) is 43.9 Å². The summed E-state index contributed by atoms with van der Waals surface area (Å²) in [6.45, 7) is 2.39. The molecule has 1 fully saturated rings. The molecule has 0 spiro atoms. The number of ether oxygens (including phenoxy) is 1. The quantitative estimate of drug-likeness (QED) is 0.846. The van der Waals surface area contributed by atoms with E-state index in [2.05, 4.69) is 43.2 Å². The second-order valence-electron chi connectivity index (χ2n) is 5.84. The molecule has 2 rings (SSSR count). The molecule has 0 aliphatic heterocycles. The van der Waals surface area contributed by atoms with Crippen molar-refractivity contribution in [3.63, 3.8) is 0 Å². The van der Waals surface area contributed by atoms with Crippen LogP contribution in [0.4, 0.5) is 0 Å². The van der Waals surface area contributed by atoms with E-state index in [1.165, 1.54) is 31.2 Å².